The molecule has 0 heterocycles. The van der Waals surface area contributed by atoms with Gasteiger partial charge in [-0.25, -0.2) is 8.42 Å². The average molecular weight is 293 g/mol. The molecule has 0 saturated carbocycles. The van der Waals surface area contributed by atoms with Crippen molar-refractivity contribution in [2.45, 2.75) is 25.3 Å². The predicted molar refractivity (Wildman–Crippen MR) is 83.4 cm³/mol. The summed E-state index contributed by atoms with van der Waals surface area (Å²) in [6, 6.07) is 9.72. The molecule has 1 aromatic rings. The highest BCUT2D eigenvalue weighted by molar-refractivity contribution is 7.90. The van der Waals surface area contributed by atoms with Crippen LogP contribution in [0.15, 0.2) is 42.5 Å². The molecule has 0 spiro atoms. The molecular weight excluding hydrogens is 270 g/mol. The molecule has 110 valence electrons. The van der Waals surface area contributed by atoms with Crippen LogP contribution in [0.1, 0.15) is 30.9 Å². The van der Waals surface area contributed by atoms with Gasteiger partial charge in [0.1, 0.15) is 9.84 Å². The first kappa shape index (κ1) is 15.3. The molecule has 0 amide bonds. The topological polar surface area (TPSA) is 46.2 Å². The molecule has 4 heteroatoms. The van der Waals surface area contributed by atoms with Crippen molar-refractivity contribution in [1.82, 2.24) is 5.32 Å². The third-order valence-corrected chi connectivity index (χ3v) is 4.64. The Balaban J connectivity index is 2.01. The maximum atomic E-state index is 11.6. The van der Waals surface area contributed by atoms with Crippen LogP contribution in [0.3, 0.4) is 0 Å². The lowest BCUT2D eigenvalue weighted by Crippen LogP contribution is -2.32. The third kappa shape index (κ3) is 5.10. The fourth-order valence-corrected chi connectivity index (χ4v) is 3.53. The summed E-state index contributed by atoms with van der Waals surface area (Å²) in [6.07, 6.45) is 9.16. The van der Waals surface area contributed by atoms with Crippen LogP contribution in [0.25, 0.3) is 0 Å². The standard InChI is InChI=1S/C16H23NO2S/c1-20(18,19)13-16(15-10-6-3-7-11-15)17-12-14-8-4-2-5-9-14/h2-4,6-7,10-11,14,16-17H,5,8-9,12-13H2,1H3/t14-,16-/m0/s1. The van der Waals surface area contributed by atoms with E-state index in [0.29, 0.717) is 5.92 Å². The zero-order chi connectivity index (χ0) is 14.4. The molecule has 0 aromatic heterocycles. The first-order chi connectivity index (χ1) is 9.54. The second-order valence-electron chi connectivity index (χ2n) is 5.61. The Morgan fingerprint density at radius 2 is 2.00 bits per heavy atom. The Bertz CT molecular complexity index is 537. The molecule has 1 aromatic carbocycles. The van der Waals surface area contributed by atoms with Gasteiger partial charge >= 0.3 is 0 Å². The van der Waals surface area contributed by atoms with Gasteiger partial charge in [0, 0.05) is 12.3 Å². The molecule has 0 bridgehead atoms. The van der Waals surface area contributed by atoms with Gasteiger partial charge in [0.05, 0.1) is 5.75 Å². The lowest BCUT2D eigenvalue weighted by Gasteiger charge is -2.23. The van der Waals surface area contributed by atoms with Crippen molar-refractivity contribution >= 4 is 9.84 Å². The second-order valence-corrected chi connectivity index (χ2v) is 7.80. The van der Waals surface area contributed by atoms with Crippen molar-refractivity contribution in [3.05, 3.63) is 48.0 Å². The van der Waals surface area contributed by atoms with E-state index in [-0.39, 0.29) is 11.8 Å². The summed E-state index contributed by atoms with van der Waals surface area (Å²) in [4.78, 5) is 0. The lowest BCUT2D eigenvalue weighted by atomic mass is 9.94. The zero-order valence-electron chi connectivity index (χ0n) is 12.0. The van der Waals surface area contributed by atoms with Crippen LogP contribution >= 0.6 is 0 Å². The first-order valence-corrected chi connectivity index (χ1v) is 9.22. The van der Waals surface area contributed by atoms with E-state index in [1.807, 2.05) is 30.3 Å². The van der Waals surface area contributed by atoms with Gasteiger partial charge in [0.2, 0.25) is 0 Å². The number of allylic oxidation sites excluding steroid dienone is 2. The van der Waals surface area contributed by atoms with Gasteiger partial charge in [-0.3, -0.25) is 0 Å². The van der Waals surface area contributed by atoms with Gasteiger partial charge in [0.15, 0.2) is 0 Å². The van der Waals surface area contributed by atoms with Crippen LogP contribution in [0.5, 0.6) is 0 Å². The SMILES string of the molecule is CS(=O)(=O)C[C@H](NC[C@H]1CC=CCC1)c1ccccc1. The smallest absolute Gasteiger partial charge is 0.149 e. The number of sulfone groups is 1. The van der Waals surface area contributed by atoms with Crippen LogP contribution in [0.2, 0.25) is 0 Å². The maximum Gasteiger partial charge on any atom is 0.149 e. The van der Waals surface area contributed by atoms with Gasteiger partial charge in [-0.05, 0) is 37.3 Å². The summed E-state index contributed by atoms with van der Waals surface area (Å²) in [7, 11) is -3.00. The molecular formula is C16H23NO2S. The van der Waals surface area contributed by atoms with Gasteiger partial charge in [-0.15, -0.1) is 0 Å². The molecule has 1 aliphatic rings. The lowest BCUT2D eigenvalue weighted by molar-refractivity contribution is 0.415. The third-order valence-electron chi connectivity index (χ3n) is 3.70. The van der Waals surface area contributed by atoms with E-state index in [1.165, 1.54) is 12.7 Å². The minimum Gasteiger partial charge on any atom is -0.309 e. The Labute approximate surface area is 122 Å². The minimum absolute atomic E-state index is 0.114. The fraction of sp³-hybridized carbons (Fsp3) is 0.500. The molecule has 1 N–H and O–H groups in total. The number of benzene rings is 1. The number of hydrogen-bond donors (Lipinski definition) is 1. The number of rotatable bonds is 6. The summed E-state index contributed by atoms with van der Waals surface area (Å²) in [5.41, 5.74) is 1.05. The van der Waals surface area contributed by atoms with E-state index in [2.05, 4.69) is 17.5 Å². The van der Waals surface area contributed by atoms with E-state index in [0.717, 1.165) is 24.9 Å². The van der Waals surface area contributed by atoms with E-state index in [4.69, 9.17) is 0 Å². The quantitative estimate of drug-likeness (QED) is 0.820. The Hall–Kier alpha value is -1.13. The first-order valence-electron chi connectivity index (χ1n) is 7.15. The maximum absolute atomic E-state index is 11.6. The largest absolute Gasteiger partial charge is 0.309 e. The molecule has 3 nitrogen and oxygen atoms in total. The molecule has 0 fully saturated rings. The second kappa shape index (κ2) is 7.04. The molecule has 0 unspecified atom stereocenters. The molecule has 2 atom stereocenters. The summed E-state index contributed by atoms with van der Waals surface area (Å²) >= 11 is 0. The highest BCUT2D eigenvalue weighted by Crippen LogP contribution is 2.20. The molecule has 0 aliphatic heterocycles. The van der Waals surface area contributed by atoms with Crippen LogP contribution in [0, 0.1) is 5.92 Å². The zero-order valence-corrected chi connectivity index (χ0v) is 12.8. The van der Waals surface area contributed by atoms with Crippen LogP contribution in [-0.4, -0.2) is 27.0 Å². The van der Waals surface area contributed by atoms with E-state index in [9.17, 15) is 8.42 Å². The molecule has 20 heavy (non-hydrogen) atoms. The van der Waals surface area contributed by atoms with Crippen molar-refractivity contribution in [1.29, 1.82) is 0 Å². The van der Waals surface area contributed by atoms with E-state index in [1.54, 1.807) is 0 Å². The summed E-state index contributed by atoms with van der Waals surface area (Å²) in [5, 5.41) is 3.45. The van der Waals surface area contributed by atoms with Gasteiger partial charge < -0.3 is 5.32 Å². The highest BCUT2D eigenvalue weighted by atomic mass is 32.2. The van der Waals surface area contributed by atoms with Gasteiger partial charge in [-0.2, -0.15) is 0 Å². The predicted octanol–water partition coefficient (Wildman–Crippen LogP) is 2.72. The van der Waals surface area contributed by atoms with Crippen molar-refractivity contribution in [2.75, 3.05) is 18.6 Å². The normalized spacial score (nSPS) is 20.8. The summed E-state index contributed by atoms with van der Waals surface area (Å²) < 4.78 is 23.2. The highest BCUT2D eigenvalue weighted by Gasteiger charge is 2.19. The molecule has 0 saturated heterocycles. The van der Waals surface area contributed by atoms with Crippen molar-refractivity contribution < 1.29 is 8.42 Å². The van der Waals surface area contributed by atoms with Crippen molar-refractivity contribution in [3.8, 4) is 0 Å². The van der Waals surface area contributed by atoms with Crippen LogP contribution < -0.4 is 5.32 Å². The average Bonchev–Trinajstić information content (AvgIpc) is 2.44. The van der Waals surface area contributed by atoms with Crippen molar-refractivity contribution in [3.63, 3.8) is 0 Å². The van der Waals surface area contributed by atoms with Crippen LogP contribution in [-0.2, 0) is 9.84 Å². The number of nitrogens with one attached hydrogen (secondary N) is 1. The van der Waals surface area contributed by atoms with Gasteiger partial charge in [0.25, 0.3) is 0 Å². The number of hydrogen-bond acceptors (Lipinski definition) is 3. The minimum atomic E-state index is -3.00. The summed E-state index contributed by atoms with van der Waals surface area (Å²) in [5.74, 6) is 0.769. The monoisotopic (exact) mass is 293 g/mol. The molecule has 2 rings (SSSR count). The Morgan fingerprint density at radius 3 is 2.60 bits per heavy atom. The Kier molecular flexibility index (Phi) is 5.38. The van der Waals surface area contributed by atoms with Gasteiger partial charge in [-0.1, -0.05) is 42.5 Å². The van der Waals surface area contributed by atoms with Crippen LogP contribution in [0.4, 0.5) is 0 Å². The Morgan fingerprint density at radius 1 is 1.25 bits per heavy atom. The fourth-order valence-electron chi connectivity index (χ4n) is 2.61. The molecule has 0 radical (unpaired) electrons. The van der Waals surface area contributed by atoms with E-state index >= 15 is 0 Å². The van der Waals surface area contributed by atoms with Crippen molar-refractivity contribution in [2.24, 2.45) is 5.92 Å². The summed E-state index contributed by atoms with van der Waals surface area (Å²) in [6.45, 7) is 0.874. The molecule has 1 aliphatic carbocycles. The van der Waals surface area contributed by atoms with E-state index < -0.39 is 9.84 Å².